The second-order valence-electron chi connectivity index (χ2n) is 7.25. The molecule has 0 aliphatic rings. The van der Waals surface area contributed by atoms with Crippen molar-refractivity contribution in [3.05, 3.63) is 76.9 Å². The fourth-order valence-corrected chi connectivity index (χ4v) is 3.85. The minimum Gasteiger partial charge on any atom is -0.430 e. The van der Waals surface area contributed by atoms with Gasteiger partial charge in [0.05, 0.1) is 12.0 Å². The van der Waals surface area contributed by atoms with Crippen LogP contribution in [0.2, 0.25) is 0 Å². The zero-order chi connectivity index (χ0) is 20.4. The van der Waals surface area contributed by atoms with Gasteiger partial charge in [-0.15, -0.1) is 0 Å². The van der Waals surface area contributed by atoms with E-state index in [-0.39, 0.29) is 0 Å². The van der Waals surface area contributed by atoms with Gasteiger partial charge in [0.1, 0.15) is 5.75 Å². The van der Waals surface area contributed by atoms with Gasteiger partial charge in [-0.05, 0) is 56.9 Å². The zero-order valence-electron chi connectivity index (χ0n) is 17.1. The maximum absolute atomic E-state index is 6.06. The number of aromatic nitrogens is 4. The van der Waals surface area contributed by atoms with Crippen LogP contribution in [-0.4, -0.2) is 18.9 Å². The van der Waals surface area contributed by atoms with Crippen LogP contribution in [0.1, 0.15) is 28.1 Å². The Morgan fingerprint density at radius 1 is 1.00 bits per heavy atom. The van der Waals surface area contributed by atoms with E-state index in [4.69, 9.17) is 4.74 Å². The third-order valence-corrected chi connectivity index (χ3v) is 5.83. The minimum absolute atomic E-state index is 0.559. The molecule has 29 heavy (non-hydrogen) atoms. The largest absolute Gasteiger partial charge is 0.430 e. The molecule has 0 amide bonds. The predicted octanol–water partition coefficient (Wildman–Crippen LogP) is 5.67. The van der Waals surface area contributed by atoms with Crippen molar-refractivity contribution in [2.45, 2.75) is 40.7 Å². The summed E-state index contributed by atoms with van der Waals surface area (Å²) in [5.41, 5.74) is 6.95. The molecule has 0 aliphatic heterocycles. The summed E-state index contributed by atoms with van der Waals surface area (Å²) in [6, 6.07) is 14.3. The zero-order valence-corrected chi connectivity index (χ0v) is 18.0. The fourth-order valence-electron chi connectivity index (χ4n) is 3.29. The highest BCUT2D eigenvalue weighted by atomic mass is 32.1. The second-order valence-corrected chi connectivity index (χ2v) is 7.97. The molecule has 2 aromatic heterocycles. The molecule has 0 spiro atoms. The van der Waals surface area contributed by atoms with E-state index < -0.39 is 0 Å². The Morgan fingerprint density at radius 2 is 1.79 bits per heavy atom. The third kappa shape index (κ3) is 4.22. The smallest absolute Gasteiger partial charge is 0.299 e. The quantitative estimate of drug-likeness (QED) is 0.415. The highest BCUT2D eigenvalue weighted by molar-refractivity contribution is 7.07. The lowest BCUT2D eigenvalue weighted by Gasteiger charge is -2.13. The summed E-state index contributed by atoms with van der Waals surface area (Å²) < 4.78 is 12.7. The molecule has 0 N–H and O–H groups in total. The first-order chi connectivity index (χ1) is 14.0. The van der Waals surface area contributed by atoms with Gasteiger partial charge >= 0.3 is 0 Å². The van der Waals surface area contributed by atoms with Crippen molar-refractivity contribution in [2.75, 3.05) is 0 Å². The lowest BCUT2D eigenvalue weighted by Crippen LogP contribution is -2.04. The molecule has 0 atom stereocenters. The number of rotatable bonds is 6. The molecule has 2 heterocycles. The highest BCUT2D eigenvalue weighted by Crippen LogP contribution is 2.31. The molecule has 0 saturated carbocycles. The molecule has 0 aliphatic carbocycles. The van der Waals surface area contributed by atoms with Crippen LogP contribution in [0.25, 0.3) is 11.4 Å². The van der Waals surface area contributed by atoms with Crippen molar-refractivity contribution in [3.8, 4) is 22.3 Å². The maximum Gasteiger partial charge on any atom is 0.299 e. The number of ether oxygens (including phenoxy) is 1. The molecule has 0 saturated heterocycles. The Balaban J connectivity index is 1.49. The fraction of sp³-hybridized carbons (Fsp3) is 0.261. The lowest BCUT2D eigenvalue weighted by atomic mass is 10.0. The molecule has 5 nitrogen and oxygen atoms in total. The van der Waals surface area contributed by atoms with Gasteiger partial charge in [-0.2, -0.15) is 9.36 Å². The topological polar surface area (TPSA) is 52.8 Å². The van der Waals surface area contributed by atoms with Crippen molar-refractivity contribution in [3.63, 3.8) is 0 Å². The molecule has 6 heteroatoms. The van der Waals surface area contributed by atoms with Gasteiger partial charge in [-0.25, -0.2) is 4.98 Å². The van der Waals surface area contributed by atoms with Crippen LogP contribution in [-0.2, 0) is 13.0 Å². The Bertz CT molecular complexity index is 1130. The molecule has 2 aromatic carbocycles. The summed E-state index contributed by atoms with van der Waals surface area (Å²) in [7, 11) is 0. The number of hydrogen-bond donors (Lipinski definition) is 0. The molecule has 4 aromatic rings. The normalized spacial score (nSPS) is 11.0. The molecule has 0 fully saturated rings. The van der Waals surface area contributed by atoms with E-state index in [1.54, 1.807) is 0 Å². The maximum atomic E-state index is 6.06. The molecule has 148 valence electrons. The summed E-state index contributed by atoms with van der Waals surface area (Å²) in [6.07, 6.45) is 2.88. The van der Waals surface area contributed by atoms with Gasteiger partial charge in [-0.3, -0.25) is 0 Å². The van der Waals surface area contributed by atoms with Gasteiger partial charge in [0.2, 0.25) is 0 Å². The van der Waals surface area contributed by atoms with E-state index in [1.165, 1.54) is 28.4 Å². The van der Waals surface area contributed by atoms with Crippen LogP contribution >= 0.6 is 11.5 Å². The van der Waals surface area contributed by atoms with Crippen LogP contribution in [0.5, 0.6) is 10.9 Å². The number of imidazole rings is 1. The van der Waals surface area contributed by atoms with Crippen LogP contribution in [0, 0.1) is 27.7 Å². The first-order valence-corrected chi connectivity index (χ1v) is 10.4. The highest BCUT2D eigenvalue weighted by Gasteiger charge is 2.12. The van der Waals surface area contributed by atoms with Gasteiger partial charge in [0.15, 0.2) is 5.82 Å². The van der Waals surface area contributed by atoms with E-state index in [2.05, 4.69) is 51.8 Å². The summed E-state index contributed by atoms with van der Waals surface area (Å²) in [5, 5.41) is 0.559. The average molecular weight is 405 g/mol. The van der Waals surface area contributed by atoms with E-state index >= 15 is 0 Å². The van der Waals surface area contributed by atoms with E-state index in [9.17, 15) is 0 Å². The molecule has 4 rings (SSSR count). The van der Waals surface area contributed by atoms with Crippen molar-refractivity contribution in [1.82, 2.24) is 18.9 Å². The lowest BCUT2D eigenvalue weighted by molar-refractivity contribution is 0.475. The predicted molar refractivity (Wildman–Crippen MR) is 117 cm³/mol. The van der Waals surface area contributed by atoms with Gasteiger partial charge in [0, 0.05) is 29.3 Å². The summed E-state index contributed by atoms with van der Waals surface area (Å²) in [5.74, 6) is 1.53. The summed E-state index contributed by atoms with van der Waals surface area (Å²) in [6.45, 7) is 9.28. The number of benzene rings is 2. The van der Waals surface area contributed by atoms with Crippen molar-refractivity contribution >= 4 is 11.5 Å². The summed E-state index contributed by atoms with van der Waals surface area (Å²) >= 11 is 1.28. The Kier molecular flexibility index (Phi) is 5.45. The van der Waals surface area contributed by atoms with Gasteiger partial charge in [-0.1, -0.05) is 36.4 Å². The van der Waals surface area contributed by atoms with Crippen molar-refractivity contribution < 1.29 is 4.74 Å². The van der Waals surface area contributed by atoms with Crippen LogP contribution < -0.4 is 4.74 Å². The number of nitrogens with zero attached hydrogens (tertiary/aromatic N) is 4. The minimum atomic E-state index is 0.559. The Hall–Kier alpha value is -2.99. The summed E-state index contributed by atoms with van der Waals surface area (Å²) in [4.78, 5) is 8.92. The van der Waals surface area contributed by atoms with E-state index in [0.717, 1.165) is 35.5 Å². The Morgan fingerprint density at radius 3 is 2.52 bits per heavy atom. The first kappa shape index (κ1) is 19.3. The van der Waals surface area contributed by atoms with Gasteiger partial charge < -0.3 is 9.30 Å². The standard InChI is InChI=1S/C23H24N4OS/c1-15-13-21(28-23-25-22(26-29-23)19-8-6-5-7-9-19)16(2)12-20(15)10-11-27-14-24-17(3)18(27)4/h5-9,12-14H,10-11H2,1-4H3. The van der Waals surface area contributed by atoms with Crippen molar-refractivity contribution in [2.24, 2.45) is 0 Å². The molecule has 0 unspecified atom stereocenters. The van der Waals surface area contributed by atoms with Crippen LogP contribution in [0.15, 0.2) is 48.8 Å². The third-order valence-electron chi connectivity index (χ3n) is 5.24. The second kappa shape index (κ2) is 8.17. The molecular weight excluding hydrogens is 380 g/mol. The molecule has 0 radical (unpaired) electrons. The van der Waals surface area contributed by atoms with E-state index in [0.29, 0.717) is 11.0 Å². The first-order valence-electron chi connectivity index (χ1n) is 9.66. The van der Waals surface area contributed by atoms with Crippen LogP contribution in [0.4, 0.5) is 0 Å². The number of aryl methyl sites for hydroxylation is 5. The van der Waals surface area contributed by atoms with E-state index in [1.807, 2.05) is 43.6 Å². The Labute approximate surface area is 175 Å². The number of hydrogen-bond acceptors (Lipinski definition) is 5. The van der Waals surface area contributed by atoms with Gasteiger partial charge in [0.25, 0.3) is 5.19 Å². The molecular formula is C23H24N4OS. The van der Waals surface area contributed by atoms with Crippen molar-refractivity contribution in [1.29, 1.82) is 0 Å². The SMILES string of the molecule is Cc1cc(Oc2nc(-c3ccccc3)ns2)c(C)cc1CCn1cnc(C)c1C. The van der Waals surface area contributed by atoms with Crippen LogP contribution in [0.3, 0.4) is 0 Å². The molecule has 0 bridgehead atoms. The average Bonchev–Trinajstić information content (AvgIpc) is 3.31. The monoisotopic (exact) mass is 404 g/mol.